The number of hydrogen-bond donors (Lipinski definition) is 2. The van der Waals surface area contributed by atoms with E-state index in [0.717, 1.165) is 28.0 Å². The lowest BCUT2D eigenvalue weighted by atomic mass is 10.1. The molecule has 0 amide bonds. The molecule has 18 heavy (non-hydrogen) atoms. The third-order valence-corrected chi connectivity index (χ3v) is 2.96. The van der Waals surface area contributed by atoms with Crippen LogP contribution in [-0.2, 0) is 0 Å². The molecule has 1 aromatic heterocycles. The molecule has 0 spiro atoms. The van der Waals surface area contributed by atoms with Gasteiger partial charge in [0.1, 0.15) is 17.1 Å². The molecule has 2 aromatic carbocycles. The van der Waals surface area contributed by atoms with Crippen LogP contribution in [0.4, 0.5) is 5.69 Å². The number of furan rings is 1. The third-order valence-electron chi connectivity index (χ3n) is 2.96. The number of nitrogens with one attached hydrogen (secondary N) is 1. The summed E-state index contributed by atoms with van der Waals surface area (Å²) in [5.74, 6) is 1.05. The lowest BCUT2D eigenvalue weighted by Crippen LogP contribution is -1.86. The zero-order chi connectivity index (χ0) is 12.5. The lowest BCUT2D eigenvalue weighted by molar-refractivity contribution is 0.476. The predicted octanol–water partition coefficient (Wildman–Crippen LogP) is 3.85. The average Bonchev–Trinajstić information content (AvgIpc) is 2.81. The molecule has 2 N–H and O–H groups in total. The zero-order valence-electron chi connectivity index (χ0n) is 9.97. The maximum absolute atomic E-state index is 9.43. The van der Waals surface area contributed by atoms with Gasteiger partial charge in [0.25, 0.3) is 0 Å². The van der Waals surface area contributed by atoms with Crippen LogP contribution in [0.2, 0.25) is 0 Å². The Morgan fingerprint density at radius 2 is 1.78 bits per heavy atom. The van der Waals surface area contributed by atoms with Gasteiger partial charge in [0.15, 0.2) is 0 Å². The fraction of sp³-hybridized carbons (Fsp3) is 0.0667. The summed E-state index contributed by atoms with van der Waals surface area (Å²) >= 11 is 0. The van der Waals surface area contributed by atoms with Crippen LogP contribution in [-0.4, -0.2) is 12.2 Å². The summed E-state index contributed by atoms with van der Waals surface area (Å²) in [5, 5.41) is 13.4. The van der Waals surface area contributed by atoms with E-state index in [1.165, 1.54) is 0 Å². The van der Waals surface area contributed by atoms with Crippen molar-refractivity contribution in [1.29, 1.82) is 0 Å². The number of rotatable bonds is 2. The first-order valence-electron chi connectivity index (χ1n) is 5.77. The first kappa shape index (κ1) is 10.7. The molecule has 0 radical (unpaired) electrons. The van der Waals surface area contributed by atoms with Gasteiger partial charge in [-0.05, 0) is 48.5 Å². The molecule has 0 aliphatic carbocycles. The second-order valence-corrected chi connectivity index (χ2v) is 4.16. The van der Waals surface area contributed by atoms with E-state index in [0.29, 0.717) is 0 Å². The molecule has 0 aliphatic heterocycles. The van der Waals surface area contributed by atoms with Crippen LogP contribution in [0.1, 0.15) is 0 Å². The first-order valence-corrected chi connectivity index (χ1v) is 5.77. The molecular weight excluding hydrogens is 225 g/mol. The van der Waals surface area contributed by atoms with Crippen LogP contribution in [0.25, 0.3) is 22.3 Å². The zero-order valence-corrected chi connectivity index (χ0v) is 9.97. The molecule has 3 aromatic rings. The fourth-order valence-electron chi connectivity index (χ4n) is 1.97. The molecule has 3 nitrogen and oxygen atoms in total. The average molecular weight is 238 g/mol. The molecule has 3 heteroatoms. The van der Waals surface area contributed by atoms with Gasteiger partial charge in [-0.1, -0.05) is 0 Å². The molecule has 0 saturated heterocycles. The summed E-state index contributed by atoms with van der Waals surface area (Å²) < 4.78 is 5.75. The highest BCUT2D eigenvalue weighted by atomic mass is 16.3. The topological polar surface area (TPSA) is 45.4 Å². The highest BCUT2D eigenvalue weighted by Gasteiger charge is 2.06. The van der Waals surface area contributed by atoms with E-state index >= 15 is 0 Å². The molecule has 0 unspecified atom stereocenters. The smallest absolute Gasteiger partial charge is 0.135 e. The van der Waals surface area contributed by atoms with E-state index in [2.05, 4.69) is 5.32 Å². The van der Waals surface area contributed by atoms with Crippen molar-refractivity contribution in [1.82, 2.24) is 0 Å². The Balaban J connectivity index is 2.07. The lowest BCUT2D eigenvalue weighted by Gasteiger charge is -2.00. The Labute approximate surface area is 105 Å². The van der Waals surface area contributed by atoms with Crippen LogP contribution in [0.15, 0.2) is 52.9 Å². The summed E-state index contributed by atoms with van der Waals surface area (Å²) in [7, 11) is 1.89. The summed E-state index contributed by atoms with van der Waals surface area (Å²) in [5.41, 5.74) is 2.86. The van der Waals surface area contributed by atoms with Gasteiger partial charge >= 0.3 is 0 Å². The van der Waals surface area contributed by atoms with Crippen molar-refractivity contribution in [2.24, 2.45) is 0 Å². The number of phenolic OH excluding ortho intramolecular Hbond substituents is 1. The Bertz CT molecular complexity index is 683. The minimum Gasteiger partial charge on any atom is -0.508 e. The molecule has 3 rings (SSSR count). The minimum absolute atomic E-state index is 0.250. The molecule has 0 atom stereocenters. The Morgan fingerprint density at radius 1 is 1.00 bits per heavy atom. The molecular formula is C15H13NO2. The molecule has 1 heterocycles. The minimum atomic E-state index is 0.250. The van der Waals surface area contributed by atoms with Gasteiger partial charge in [-0.3, -0.25) is 0 Å². The number of phenols is 1. The van der Waals surface area contributed by atoms with Crippen molar-refractivity contribution in [3.05, 3.63) is 48.5 Å². The van der Waals surface area contributed by atoms with E-state index in [4.69, 9.17) is 4.42 Å². The highest BCUT2D eigenvalue weighted by molar-refractivity contribution is 5.84. The van der Waals surface area contributed by atoms with Gasteiger partial charge in [-0.25, -0.2) is 0 Å². The van der Waals surface area contributed by atoms with Gasteiger partial charge in [0.05, 0.1) is 0 Å². The van der Waals surface area contributed by atoms with Crippen LogP contribution in [0.5, 0.6) is 5.75 Å². The largest absolute Gasteiger partial charge is 0.508 e. The maximum atomic E-state index is 9.43. The van der Waals surface area contributed by atoms with Crippen LogP contribution < -0.4 is 5.32 Å². The highest BCUT2D eigenvalue weighted by Crippen LogP contribution is 2.30. The summed E-state index contributed by atoms with van der Waals surface area (Å²) in [6.07, 6.45) is 0. The van der Waals surface area contributed by atoms with E-state index < -0.39 is 0 Å². The van der Waals surface area contributed by atoms with Crippen LogP contribution in [0, 0.1) is 0 Å². The summed E-state index contributed by atoms with van der Waals surface area (Å²) in [6.45, 7) is 0. The van der Waals surface area contributed by atoms with Crippen molar-refractivity contribution >= 4 is 16.7 Å². The van der Waals surface area contributed by atoms with Gasteiger partial charge < -0.3 is 14.8 Å². The number of benzene rings is 2. The number of anilines is 1. The predicted molar refractivity (Wildman–Crippen MR) is 72.9 cm³/mol. The van der Waals surface area contributed by atoms with E-state index in [1.807, 2.05) is 37.4 Å². The van der Waals surface area contributed by atoms with Gasteiger partial charge in [0.2, 0.25) is 0 Å². The standard InChI is InChI=1S/C15H13NO2/c1-16-12-4-2-10(3-5-12)15-9-11-8-13(17)6-7-14(11)18-15/h2-9,16-17H,1H3/i1-1. The fourth-order valence-corrected chi connectivity index (χ4v) is 1.97. The van der Waals surface area contributed by atoms with Gasteiger partial charge in [-0.15, -0.1) is 0 Å². The van der Waals surface area contributed by atoms with Crippen molar-refractivity contribution in [3.63, 3.8) is 0 Å². The van der Waals surface area contributed by atoms with E-state index in [9.17, 15) is 5.11 Å². The quantitative estimate of drug-likeness (QED) is 0.712. The Hall–Kier alpha value is -2.42. The summed E-state index contributed by atoms with van der Waals surface area (Å²) in [4.78, 5) is 0. The number of aromatic hydroxyl groups is 1. The Morgan fingerprint density at radius 3 is 2.50 bits per heavy atom. The molecule has 0 saturated carbocycles. The maximum Gasteiger partial charge on any atom is 0.135 e. The SMILES string of the molecule is [11CH3]Nc1ccc(-c2cc3cc(O)ccc3o2)cc1. The number of hydrogen-bond acceptors (Lipinski definition) is 3. The van der Waals surface area contributed by atoms with Crippen LogP contribution in [0.3, 0.4) is 0 Å². The second-order valence-electron chi connectivity index (χ2n) is 4.16. The van der Waals surface area contributed by atoms with Gasteiger partial charge in [0, 0.05) is 23.7 Å². The molecule has 90 valence electrons. The molecule has 0 fully saturated rings. The molecule has 0 aliphatic rings. The first-order chi connectivity index (χ1) is 8.76. The third kappa shape index (κ3) is 1.80. The Kier molecular flexibility index (Phi) is 2.45. The number of fused-ring (bicyclic) bond motifs is 1. The monoisotopic (exact) mass is 238 g/mol. The van der Waals surface area contributed by atoms with E-state index in [1.54, 1.807) is 18.2 Å². The normalized spacial score (nSPS) is 10.7. The second kappa shape index (κ2) is 4.11. The van der Waals surface area contributed by atoms with Crippen molar-refractivity contribution in [2.75, 3.05) is 12.4 Å². The van der Waals surface area contributed by atoms with Crippen molar-refractivity contribution in [2.45, 2.75) is 0 Å². The van der Waals surface area contributed by atoms with Crippen molar-refractivity contribution < 1.29 is 9.52 Å². The van der Waals surface area contributed by atoms with E-state index in [-0.39, 0.29) is 5.75 Å². The van der Waals surface area contributed by atoms with Crippen LogP contribution >= 0.6 is 0 Å². The van der Waals surface area contributed by atoms with Gasteiger partial charge in [-0.2, -0.15) is 0 Å². The molecule has 0 bridgehead atoms. The van der Waals surface area contributed by atoms with Crippen molar-refractivity contribution in [3.8, 4) is 17.1 Å². The summed E-state index contributed by atoms with van der Waals surface area (Å²) in [6, 6.07) is 15.0.